The third-order valence-electron chi connectivity index (χ3n) is 1.07. The Morgan fingerprint density at radius 2 is 2.40 bits per heavy atom. The average Bonchev–Trinajstić information content (AvgIpc) is 2.34. The van der Waals surface area contributed by atoms with Crippen molar-refractivity contribution in [1.29, 1.82) is 0 Å². The molecular formula is C5H7N3O2. The zero-order valence-corrected chi connectivity index (χ0v) is 5.50. The predicted molar refractivity (Wildman–Crippen MR) is 35.7 cm³/mol. The number of amidine groups is 1. The molecule has 1 rings (SSSR count). The number of hydrogen-bond donors (Lipinski definition) is 1. The van der Waals surface area contributed by atoms with Crippen molar-refractivity contribution in [2.75, 3.05) is 7.11 Å². The van der Waals surface area contributed by atoms with E-state index in [0.29, 0.717) is 12.3 Å². The molecule has 0 amide bonds. The number of carbonyl (C=O) groups is 1. The van der Waals surface area contributed by atoms with E-state index in [4.69, 9.17) is 5.73 Å². The van der Waals surface area contributed by atoms with Crippen LogP contribution in [-0.2, 0) is 9.53 Å². The molecule has 1 aliphatic rings. The Morgan fingerprint density at radius 3 is 2.80 bits per heavy atom. The lowest BCUT2D eigenvalue weighted by Crippen LogP contribution is -2.19. The molecule has 10 heavy (non-hydrogen) atoms. The first-order chi connectivity index (χ1) is 4.74. The quantitative estimate of drug-likeness (QED) is 0.489. The van der Waals surface area contributed by atoms with Crippen molar-refractivity contribution >= 4 is 17.5 Å². The zero-order chi connectivity index (χ0) is 7.56. The third kappa shape index (κ3) is 1.12. The number of nitrogens with zero attached hydrogens (tertiary/aromatic N) is 2. The van der Waals surface area contributed by atoms with Crippen LogP contribution >= 0.6 is 0 Å². The molecule has 0 spiro atoms. The molecule has 0 atom stereocenters. The number of carbonyl (C=O) groups excluding carboxylic acids is 1. The van der Waals surface area contributed by atoms with Crippen molar-refractivity contribution in [1.82, 2.24) is 0 Å². The molecule has 0 saturated heterocycles. The lowest BCUT2D eigenvalue weighted by Gasteiger charge is -1.93. The summed E-state index contributed by atoms with van der Waals surface area (Å²) < 4.78 is 4.38. The highest BCUT2D eigenvalue weighted by molar-refractivity contribution is 6.40. The fourth-order valence-electron chi connectivity index (χ4n) is 0.598. The number of methoxy groups -OCH3 is 1. The van der Waals surface area contributed by atoms with Crippen LogP contribution in [0.15, 0.2) is 10.2 Å². The second-order valence-electron chi connectivity index (χ2n) is 1.81. The number of nitrogens with two attached hydrogens (primary N) is 1. The van der Waals surface area contributed by atoms with Crippen LogP contribution in [0.3, 0.4) is 0 Å². The lowest BCUT2D eigenvalue weighted by molar-refractivity contribution is -0.132. The van der Waals surface area contributed by atoms with E-state index in [1.54, 1.807) is 0 Å². The molecular weight excluding hydrogens is 134 g/mol. The highest BCUT2D eigenvalue weighted by Crippen LogP contribution is 1.99. The summed E-state index contributed by atoms with van der Waals surface area (Å²) >= 11 is 0. The van der Waals surface area contributed by atoms with Gasteiger partial charge in [-0.15, -0.1) is 10.2 Å². The smallest absolute Gasteiger partial charge is 0.354 e. The van der Waals surface area contributed by atoms with Crippen molar-refractivity contribution in [3.63, 3.8) is 0 Å². The van der Waals surface area contributed by atoms with E-state index in [9.17, 15) is 4.79 Å². The van der Waals surface area contributed by atoms with Gasteiger partial charge in [-0.05, 0) is 0 Å². The van der Waals surface area contributed by atoms with Gasteiger partial charge in [0.2, 0.25) is 0 Å². The zero-order valence-electron chi connectivity index (χ0n) is 5.50. The molecule has 0 fully saturated rings. The first-order valence-electron chi connectivity index (χ1n) is 2.71. The van der Waals surface area contributed by atoms with E-state index in [1.165, 1.54) is 7.11 Å². The number of rotatable bonds is 1. The summed E-state index contributed by atoms with van der Waals surface area (Å²) in [5.41, 5.74) is 5.51. The summed E-state index contributed by atoms with van der Waals surface area (Å²) in [5.74, 6) is -0.121. The lowest BCUT2D eigenvalue weighted by atomic mass is 10.3. The fraction of sp³-hybridized carbons (Fsp3) is 0.400. The largest absolute Gasteiger partial charge is 0.464 e. The Bertz CT molecular complexity index is 219. The van der Waals surface area contributed by atoms with Gasteiger partial charge in [-0.2, -0.15) is 0 Å². The van der Waals surface area contributed by atoms with Crippen LogP contribution in [0.1, 0.15) is 6.42 Å². The van der Waals surface area contributed by atoms with Crippen LogP contribution in [0.5, 0.6) is 0 Å². The second-order valence-corrected chi connectivity index (χ2v) is 1.81. The van der Waals surface area contributed by atoms with Crippen LogP contribution in [-0.4, -0.2) is 24.6 Å². The van der Waals surface area contributed by atoms with Gasteiger partial charge in [0.15, 0.2) is 5.71 Å². The number of hydrogen-bond acceptors (Lipinski definition) is 5. The Balaban J connectivity index is 2.57. The molecule has 0 saturated carbocycles. The maximum atomic E-state index is 10.7. The molecule has 0 aromatic carbocycles. The molecule has 1 heterocycles. The monoisotopic (exact) mass is 141 g/mol. The first-order valence-corrected chi connectivity index (χ1v) is 2.71. The highest BCUT2D eigenvalue weighted by Gasteiger charge is 2.17. The Kier molecular flexibility index (Phi) is 1.66. The van der Waals surface area contributed by atoms with Gasteiger partial charge in [0.1, 0.15) is 5.84 Å². The van der Waals surface area contributed by atoms with Crippen LogP contribution in [0, 0.1) is 0 Å². The molecule has 0 aromatic rings. The molecule has 2 N–H and O–H groups in total. The summed E-state index contributed by atoms with van der Waals surface area (Å²) in [6, 6.07) is 0. The van der Waals surface area contributed by atoms with E-state index >= 15 is 0 Å². The second kappa shape index (κ2) is 2.47. The van der Waals surface area contributed by atoms with Gasteiger partial charge in [0, 0.05) is 0 Å². The summed E-state index contributed by atoms with van der Waals surface area (Å²) in [7, 11) is 1.29. The standard InChI is InChI=1S/C5H7N3O2/c1-10-5(9)3-2-4(6)8-7-3/h2H2,1H3,(H2,6,8). The number of ether oxygens (including phenoxy) is 1. The van der Waals surface area contributed by atoms with Crippen molar-refractivity contribution < 1.29 is 9.53 Å². The van der Waals surface area contributed by atoms with Gasteiger partial charge in [-0.3, -0.25) is 0 Å². The average molecular weight is 141 g/mol. The van der Waals surface area contributed by atoms with Gasteiger partial charge >= 0.3 is 5.97 Å². The summed E-state index contributed by atoms with van der Waals surface area (Å²) in [6.07, 6.45) is 0.298. The minimum Gasteiger partial charge on any atom is -0.464 e. The van der Waals surface area contributed by atoms with Crippen molar-refractivity contribution in [2.24, 2.45) is 15.9 Å². The topological polar surface area (TPSA) is 77.0 Å². The van der Waals surface area contributed by atoms with Crippen molar-refractivity contribution in [3.8, 4) is 0 Å². The van der Waals surface area contributed by atoms with Crippen LogP contribution in [0.25, 0.3) is 0 Å². The summed E-state index contributed by atoms with van der Waals surface area (Å²) in [4.78, 5) is 10.7. The molecule has 0 unspecified atom stereocenters. The molecule has 5 heteroatoms. The van der Waals surface area contributed by atoms with E-state index in [1.807, 2.05) is 0 Å². The highest BCUT2D eigenvalue weighted by atomic mass is 16.5. The molecule has 0 aliphatic carbocycles. The normalized spacial score (nSPS) is 16.1. The molecule has 0 radical (unpaired) electrons. The third-order valence-corrected chi connectivity index (χ3v) is 1.07. The van der Waals surface area contributed by atoms with Gasteiger partial charge in [0.25, 0.3) is 0 Å². The minimum absolute atomic E-state index is 0.264. The molecule has 1 aliphatic heterocycles. The van der Waals surface area contributed by atoms with E-state index in [0.717, 1.165) is 0 Å². The van der Waals surface area contributed by atoms with Crippen molar-refractivity contribution in [3.05, 3.63) is 0 Å². The molecule has 0 bridgehead atoms. The van der Waals surface area contributed by atoms with E-state index in [2.05, 4.69) is 14.9 Å². The maximum absolute atomic E-state index is 10.7. The van der Waals surface area contributed by atoms with Crippen LogP contribution < -0.4 is 5.73 Å². The predicted octanol–water partition coefficient (Wildman–Crippen LogP) is -0.724. The van der Waals surface area contributed by atoms with Gasteiger partial charge < -0.3 is 10.5 Å². The van der Waals surface area contributed by atoms with E-state index in [-0.39, 0.29) is 5.71 Å². The molecule has 5 nitrogen and oxygen atoms in total. The minimum atomic E-state index is -0.468. The fourth-order valence-corrected chi connectivity index (χ4v) is 0.598. The van der Waals surface area contributed by atoms with Gasteiger partial charge in [-0.25, -0.2) is 4.79 Å². The molecule has 0 aromatic heterocycles. The first kappa shape index (κ1) is 6.73. The Hall–Kier alpha value is -1.39. The maximum Gasteiger partial charge on any atom is 0.354 e. The van der Waals surface area contributed by atoms with E-state index < -0.39 is 5.97 Å². The van der Waals surface area contributed by atoms with Gasteiger partial charge in [0.05, 0.1) is 13.5 Å². The number of esters is 1. The Morgan fingerprint density at radius 1 is 1.70 bits per heavy atom. The van der Waals surface area contributed by atoms with Crippen LogP contribution in [0.4, 0.5) is 0 Å². The SMILES string of the molecule is COC(=O)C1=NN=C(N)C1. The Labute approximate surface area is 57.6 Å². The van der Waals surface area contributed by atoms with Gasteiger partial charge in [-0.1, -0.05) is 0 Å². The van der Waals surface area contributed by atoms with Crippen LogP contribution in [0.2, 0.25) is 0 Å². The molecule has 54 valence electrons. The summed E-state index contributed by atoms with van der Waals surface area (Å²) in [6.45, 7) is 0. The van der Waals surface area contributed by atoms with Crippen molar-refractivity contribution in [2.45, 2.75) is 6.42 Å². The summed E-state index contributed by atoms with van der Waals surface area (Å²) in [5, 5.41) is 6.96.